The summed E-state index contributed by atoms with van der Waals surface area (Å²) >= 11 is 0. The fourth-order valence-electron chi connectivity index (χ4n) is 2.74. The van der Waals surface area contributed by atoms with Crippen molar-refractivity contribution in [3.8, 4) is 0 Å². The minimum Gasteiger partial charge on any atom is -0.393 e. The molecule has 0 spiro atoms. The molecule has 1 saturated carbocycles. The van der Waals surface area contributed by atoms with Crippen LogP contribution in [0.25, 0.3) is 0 Å². The highest BCUT2D eigenvalue weighted by Crippen LogP contribution is 2.38. The summed E-state index contributed by atoms with van der Waals surface area (Å²) in [4.78, 5) is 16.3. The van der Waals surface area contributed by atoms with Gasteiger partial charge in [-0.2, -0.15) is 5.10 Å². The molecule has 2 aromatic heterocycles. The van der Waals surface area contributed by atoms with E-state index >= 15 is 0 Å². The lowest BCUT2D eigenvalue weighted by atomic mass is 9.75. The number of nitrogen functional groups attached to an aromatic ring is 1. The number of hydrogen-bond acceptors (Lipinski definition) is 5. The molecular formula is C15H19N5O2. The van der Waals surface area contributed by atoms with Gasteiger partial charge in [0.25, 0.3) is 5.91 Å². The van der Waals surface area contributed by atoms with Gasteiger partial charge >= 0.3 is 0 Å². The quantitative estimate of drug-likeness (QED) is 0.768. The van der Waals surface area contributed by atoms with Gasteiger partial charge in [0.05, 0.1) is 23.9 Å². The van der Waals surface area contributed by atoms with Gasteiger partial charge in [0.15, 0.2) is 0 Å². The molecule has 1 atom stereocenters. The molecule has 3 rings (SSSR count). The molecule has 4 N–H and O–H groups in total. The van der Waals surface area contributed by atoms with Crippen LogP contribution in [0.15, 0.2) is 30.7 Å². The molecule has 2 aromatic rings. The van der Waals surface area contributed by atoms with E-state index < -0.39 is 0 Å². The van der Waals surface area contributed by atoms with Crippen molar-refractivity contribution < 1.29 is 9.90 Å². The van der Waals surface area contributed by atoms with Crippen molar-refractivity contribution >= 4 is 11.7 Å². The van der Waals surface area contributed by atoms with Crippen LogP contribution in [0, 0.1) is 5.92 Å². The number of pyridine rings is 1. The van der Waals surface area contributed by atoms with Crippen molar-refractivity contribution in [3.63, 3.8) is 0 Å². The molecule has 1 aliphatic carbocycles. The van der Waals surface area contributed by atoms with Crippen LogP contribution in [-0.4, -0.2) is 31.9 Å². The minimum absolute atomic E-state index is 0.165. The highest BCUT2D eigenvalue weighted by Gasteiger charge is 2.36. The Labute approximate surface area is 128 Å². The number of nitrogens with one attached hydrogen (secondary N) is 1. The first-order valence-electron chi connectivity index (χ1n) is 7.22. The van der Waals surface area contributed by atoms with Crippen molar-refractivity contribution in [3.05, 3.63) is 41.9 Å². The predicted octanol–water partition coefficient (Wildman–Crippen LogP) is 0.639. The van der Waals surface area contributed by atoms with E-state index in [4.69, 9.17) is 5.73 Å². The second-order valence-corrected chi connectivity index (χ2v) is 5.76. The monoisotopic (exact) mass is 301 g/mol. The van der Waals surface area contributed by atoms with Gasteiger partial charge in [0.2, 0.25) is 0 Å². The van der Waals surface area contributed by atoms with Crippen LogP contribution in [0.1, 0.15) is 34.8 Å². The number of nitrogens with zero attached hydrogens (tertiary/aromatic N) is 3. The van der Waals surface area contributed by atoms with Crippen molar-refractivity contribution in [2.75, 3.05) is 5.73 Å². The summed E-state index contributed by atoms with van der Waals surface area (Å²) in [5.74, 6) is 0.384. The van der Waals surface area contributed by atoms with Crippen LogP contribution in [0.3, 0.4) is 0 Å². The van der Waals surface area contributed by atoms with Gasteiger partial charge in [-0.15, -0.1) is 0 Å². The van der Waals surface area contributed by atoms with Gasteiger partial charge in [-0.05, 0) is 30.9 Å². The molecule has 0 aliphatic heterocycles. The number of anilines is 1. The average Bonchev–Trinajstić information content (AvgIpc) is 2.89. The topological polar surface area (TPSA) is 106 Å². The molecule has 0 saturated heterocycles. The van der Waals surface area contributed by atoms with E-state index in [-0.39, 0.29) is 24.0 Å². The first kappa shape index (κ1) is 14.5. The zero-order valence-electron chi connectivity index (χ0n) is 12.3. The van der Waals surface area contributed by atoms with Crippen molar-refractivity contribution in [2.24, 2.45) is 13.0 Å². The lowest BCUT2D eigenvalue weighted by molar-refractivity contribution is 0.0235. The average molecular weight is 301 g/mol. The maximum absolute atomic E-state index is 12.4. The van der Waals surface area contributed by atoms with E-state index in [9.17, 15) is 9.90 Å². The number of aromatic nitrogens is 3. The van der Waals surface area contributed by atoms with Crippen LogP contribution in [0.4, 0.5) is 5.82 Å². The Morgan fingerprint density at radius 3 is 2.77 bits per heavy atom. The largest absolute Gasteiger partial charge is 0.393 e. The molecule has 7 heteroatoms. The predicted molar refractivity (Wildman–Crippen MR) is 80.8 cm³/mol. The molecule has 1 fully saturated rings. The number of aliphatic hydroxyl groups is 1. The van der Waals surface area contributed by atoms with Gasteiger partial charge in [0.1, 0.15) is 5.82 Å². The highest BCUT2D eigenvalue weighted by atomic mass is 16.3. The number of aliphatic hydroxyl groups excluding tert-OH is 1. The Morgan fingerprint density at radius 2 is 2.23 bits per heavy atom. The minimum atomic E-state index is -0.278. The lowest BCUT2D eigenvalue weighted by Gasteiger charge is -2.37. The van der Waals surface area contributed by atoms with E-state index in [0.717, 1.165) is 5.56 Å². The second-order valence-electron chi connectivity index (χ2n) is 5.76. The van der Waals surface area contributed by atoms with Gasteiger partial charge in [-0.3, -0.25) is 9.48 Å². The molecular weight excluding hydrogens is 282 g/mol. The molecule has 0 bridgehead atoms. The van der Waals surface area contributed by atoms with E-state index in [2.05, 4.69) is 15.4 Å². The third-order valence-corrected chi connectivity index (χ3v) is 4.04. The summed E-state index contributed by atoms with van der Waals surface area (Å²) in [5, 5.41) is 16.7. The molecule has 1 unspecified atom stereocenters. The van der Waals surface area contributed by atoms with Crippen molar-refractivity contribution in [1.29, 1.82) is 0 Å². The Bertz CT molecular complexity index is 661. The maximum Gasteiger partial charge on any atom is 0.253 e. The first-order chi connectivity index (χ1) is 10.5. The van der Waals surface area contributed by atoms with Crippen LogP contribution in [0.2, 0.25) is 0 Å². The molecule has 22 heavy (non-hydrogen) atoms. The van der Waals surface area contributed by atoms with Crippen LogP contribution >= 0.6 is 0 Å². The summed E-state index contributed by atoms with van der Waals surface area (Å²) < 4.78 is 1.70. The maximum atomic E-state index is 12.4. The number of carbonyl (C=O) groups excluding carboxylic acids is 1. The first-order valence-corrected chi connectivity index (χ1v) is 7.22. The molecule has 1 aliphatic rings. The van der Waals surface area contributed by atoms with Crippen molar-refractivity contribution in [1.82, 2.24) is 20.1 Å². The zero-order chi connectivity index (χ0) is 15.7. The van der Waals surface area contributed by atoms with Gasteiger partial charge in [-0.25, -0.2) is 4.98 Å². The summed E-state index contributed by atoms with van der Waals surface area (Å²) in [5.41, 5.74) is 6.94. The number of rotatable bonds is 4. The summed E-state index contributed by atoms with van der Waals surface area (Å²) in [7, 11) is 1.84. The van der Waals surface area contributed by atoms with Crippen molar-refractivity contribution in [2.45, 2.75) is 25.0 Å². The Kier molecular flexibility index (Phi) is 3.81. The standard InChI is InChI=1S/C15H19N5O2/c1-20-8-11(7-18-20)14(10-4-12(21)5-10)19-15(22)9-2-3-13(16)17-6-9/h2-3,6-8,10,12,14,21H,4-5H2,1H3,(H2,16,17)(H,19,22). The van der Waals surface area contributed by atoms with Gasteiger partial charge in [0, 0.05) is 25.0 Å². The molecule has 1 amide bonds. The summed E-state index contributed by atoms with van der Waals surface area (Å²) in [6.45, 7) is 0. The van der Waals surface area contributed by atoms with Crippen LogP contribution in [-0.2, 0) is 7.05 Å². The summed E-state index contributed by atoms with van der Waals surface area (Å²) in [6, 6.07) is 3.08. The number of aryl methyl sites for hydroxylation is 1. The van der Waals surface area contributed by atoms with E-state index in [1.807, 2.05) is 13.2 Å². The van der Waals surface area contributed by atoms with E-state index in [0.29, 0.717) is 24.2 Å². The lowest BCUT2D eigenvalue weighted by Crippen LogP contribution is -2.41. The van der Waals surface area contributed by atoms with Crippen LogP contribution < -0.4 is 11.1 Å². The van der Waals surface area contributed by atoms with E-state index in [1.165, 1.54) is 6.20 Å². The zero-order valence-corrected chi connectivity index (χ0v) is 12.3. The number of carbonyl (C=O) groups is 1. The number of hydrogen-bond donors (Lipinski definition) is 3. The van der Waals surface area contributed by atoms with Gasteiger partial charge < -0.3 is 16.2 Å². The fourth-order valence-corrected chi connectivity index (χ4v) is 2.74. The number of nitrogens with two attached hydrogens (primary N) is 1. The van der Waals surface area contributed by atoms with Gasteiger partial charge in [-0.1, -0.05) is 0 Å². The normalized spacial score (nSPS) is 21.9. The molecule has 2 heterocycles. The third kappa shape index (κ3) is 2.94. The molecule has 0 radical (unpaired) electrons. The third-order valence-electron chi connectivity index (χ3n) is 4.04. The highest BCUT2D eigenvalue weighted by molar-refractivity contribution is 5.94. The Morgan fingerprint density at radius 1 is 1.45 bits per heavy atom. The molecule has 7 nitrogen and oxygen atoms in total. The Hall–Kier alpha value is -2.41. The Balaban J connectivity index is 1.77. The van der Waals surface area contributed by atoms with E-state index in [1.54, 1.807) is 23.0 Å². The second kappa shape index (κ2) is 5.76. The fraction of sp³-hybridized carbons (Fsp3) is 0.400. The summed E-state index contributed by atoms with van der Waals surface area (Å²) in [6.07, 6.45) is 6.17. The SMILES string of the molecule is Cn1cc(C(NC(=O)c2ccc(N)nc2)C2CC(O)C2)cn1. The smallest absolute Gasteiger partial charge is 0.253 e. The molecule has 0 aromatic carbocycles. The molecule has 116 valence electrons. The van der Waals surface area contributed by atoms with Crippen LogP contribution in [0.5, 0.6) is 0 Å². The number of amides is 1.